The maximum atomic E-state index is 13.9. The molecule has 0 bridgehead atoms. The summed E-state index contributed by atoms with van der Waals surface area (Å²) in [5, 5.41) is 2.80. The fourth-order valence-corrected chi connectivity index (χ4v) is 3.98. The number of imidazole rings is 1. The largest absolute Gasteiger partial charge is 0.495 e. The average molecular weight is 392 g/mol. The first-order valence-corrected chi connectivity index (χ1v) is 9.72. The Kier molecular flexibility index (Phi) is 4.59. The number of hydrogen-bond donors (Lipinski definition) is 1. The molecule has 0 spiro atoms. The van der Waals surface area contributed by atoms with Crippen LogP contribution in [0.3, 0.4) is 0 Å². The number of halogens is 1. The molecule has 0 atom stereocenters. The SMILES string of the molecule is CNc1cc(-c2cnc3cc(OC)c(S(=O)(=O)C(C)(C)C)cn23)cc(F)n1. The molecule has 0 aromatic carbocycles. The number of ether oxygens (including phenoxy) is 1. The minimum Gasteiger partial charge on any atom is -0.495 e. The zero-order valence-electron chi connectivity index (χ0n) is 15.7. The third kappa shape index (κ3) is 3.23. The second kappa shape index (κ2) is 6.49. The third-order valence-electron chi connectivity index (χ3n) is 4.24. The van der Waals surface area contributed by atoms with E-state index >= 15 is 0 Å². The summed E-state index contributed by atoms with van der Waals surface area (Å²) in [6.07, 6.45) is 3.02. The van der Waals surface area contributed by atoms with E-state index in [4.69, 9.17) is 4.74 Å². The monoisotopic (exact) mass is 392 g/mol. The van der Waals surface area contributed by atoms with E-state index in [1.54, 1.807) is 50.5 Å². The van der Waals surface area contributed by atoms with Crippen molar-refractivity contribution in [3.8, 4) is 17.0 Å². The van der Waals surface area contributed by atoms with Crippen molar-refractivity contribution in [1.82, 2.24) is 14.4 Å². The summed E-state index contributed by atoms with van der Waals surface area (Å²) in [5.41, 5.74) is 1.54. The molecule has 0 saturated heterocycles. The first-order valence-electron chi connectivity index (χ1n) is 8.24. The van der Waals surface area contributed by atoms with Crippen LogP contribution in [0.2, 0.25) is 0 Å². The van der Waals surface area contributed by atoms with Crippen molar-refractivity contribution < 1.29 is 17.5 Å². The highest BCUT2D eigenvalue weighted by atomic mass is 32.2. The molecule has 3 aromatic rings. The second-order valence-corrected chi connectivity index (χ2v) is 9.68. The van der Waals surface area contributed by atoms with Gasteiger partial charge in [-0.15, -0.1) is 0 Å². The minimum atomic E-state index is -3.68. The number of hydrogen-bond acceptors (Lipinski definition) is 6. The highest BCUT2D eigenvalue weighted by Gasteiger charge is 2.34. The van der Waals surface area contributed by atoms with Crippen molar-refractivity contribution in [1.29, 1.82) is 0 Å². The number of rotatable bonds is 4. The van der Waals surface area contributed by atoms with Gasteiger partial charge in [0.05, 0.1) is 23.7 Å². The Balaban J connectivity index is 2.31. The van der Waals surface area contributed by atoms with Gasteiger partial charge < -0.3 is 10.1 Å². The topological polar surface area (TPSA) is 85.6 Å². The molecule has 3 rings (SSSR count). The lowest BCUT2D eigenvalue weighted by atomic mass is 10.2. The molecular weight excluding hydrogens is 371 g/mol. The van der Waals surface area contributed by atoms with E-state index in [2.05, 4.69) is 15.3 Å². The first kappa shape index (κ1) is 19.1. The van der Waals surface area contributed by atoms with Crippen molar-refractivity contribution in [2.45, 2.75) is 30.4 Å². The van der Waals surface area contributed by atoms with E-state index in [1.165, 1.54) is 19.4 Å². The van der Waals surface area contributed by atoms with Crippen LogP contribution in [0.1, 0.15) is 20.8 Å². The van der Waals surface area contributed by atoms with Crippen LogP contribution in [0.5, 0.6) is 5.75 Å². The lowest BCUT2D eigenvalue weighted by Crippen LogP contribution is -2.28. The van der Waals surface area contributed by atoms with Crippen LogP contribution in [-0.2, 0) is 9.84 Å². The van der Waals surface area contributed by atoms with Gasteiger partial charge in [-0.2, -0.15) is 4.39 Å². The molecule has 0 aliphatic heterocycles. The Morgan fingerprint density at radius 2 is 1.93 bits per heavy atom. The van der Waals surface area contributed by atoms with E-state index in [0.717, 1.165) is 0 Å². The Morgan fingerprint density at radius 1 is 1.22 bits per heavy atom. The van der Waals surface area contributed by atoms with Crippen molar-refractivity contribution in [3.63, 3.8) is 0 Å². The summed E-state index contributed by atoms with van der Waals surface area (Å²) in [6, 6.07) is 4.49. The molecule has 9 heteroatoms. The molecule has 0 fully saturated rings. The number of nitrogens with one attached hydrogen (secondary N) is 1. The summed E-state index contributed by atoms with van der Waals surface area (Å²) in [7, 11) is -0.632. The molecule has 0 aliphatic rings. The number of pyridine rings is 2. The molecule has 0 amide bonds. The van der Waals surface area contributed by atoms with Gasteiger partial charge >= 0.3 is 0 Å². The van der Waals surface area contributed by atoms with E-state index in [1.807, 2.05) is 0 Å². The summed E-state index contributed by atoms with van der Waals surface area (Å²) >= 11 is 0. The number of aromatic nitrogens is 3. The summed E-state index contributed by atoms with van der Waals surface area (Å²) < 4.78 is 45.8. The molecule has 27 heavy (non-hydrogen) atoms. The van der Waals surface area contributed by atoms with Crippen LogP contribution in [0, 0.1) is 5.95 Å². The number of sulfone groups is 1. The van der Waals surface area contributed by atoms with Crippen molar-refractivity contribution in [2.75, 3.05) is 19.5 Å². The quantitative estimate of drug-likeness (QED) is 0.687. The highest BCUT2D eigenvalue weighted by molar-refractivity contribution is 7.92. The van der Waals surface area contributed by atoms with Crippen molar-refractivity contribution in [3.05, 3.63) is 36.5 Å². The average Bonchev–Trinajstić information content (AvgIpc) is 3.01. The lowest BCUT2D eigenvalue weighted by molar-refractivity contribution is 0.401. The number of nitrogens with zero attached hydrogens (tertiary/aromatic N) is 3. The fraction of sp³-hybridized carbons (Fsp3) is 0.333. The first-order chi connectivity index (χ1) is 12.6. The number of methoxy groups -OCH3 is 1. The van der Waals surface area contributed by atoms with Crippen LogP contribution >= 0.6 is 0 Å². The maximum absolute atomic E-state index is 13.9. The van der Waals surface area contributed by atoms with E-state index in [0.29, 0.717) is 22.7 Å². The maximum Gasteiger partial charge on any atom is 0.215 e. The molecule has 0 unspecified atom stereocenters. The highest BCUT2D eigenvalue weighted by Crippen LogP contribution is 2.34. The summed E-state index contributed by atoms with van der Waals surface area (Å²) in [6.45, 7) is 4.87. The molecule has 3 heterocycles. The number of fused-ring (bicyclic) bond motifs is 1. The van der Waals surface area contributed by atoms with E-state index in [9.17, 15) is 12.8 Å². The standard InChI is InChI=1S/C18H21FN4O3S/c1-18(2,3)27(24,25)14-10-23-12(9-21-17(23)8-13(14)26-5)11-6-15(19)22-16(7-11)20-4/h6-10H,1-5H3,(H,20,22). The van der Waals surface area contributed by atoms with Crippen molar-refractivity contribution >= 4 is 21.3 Å². The predicted octanol–water partition coefficient (Wildman–Crippen LogP) is 3.16. The van der Waals surface area contributed by atoms with Crippen LogP contribution in [-0.4, -0.2) is 41.7 Å². The Hall–Kier alpha value is -2.68. The Morgan fingerprint density at radius 3 is 2.52 bits per heavy atom. The lowest BCUT2D eigenvalue weighted by Gasteiger charge is -2.21. The zero-order chi connectivity index (χ0) is 20.0. The molecule has 0 radical (unpaired) electrons. The van der Waals surface area contributed by atoms with Gasteiger partial charge in [-0.25, -0.2) is 18.4 Å². The van der Waals surface area contributed by atoms with Crippen LogP contribution in [0.4, 0.5) is 10.2 Å². The summed E-state index contributed by atoms with van der Waals surface area (Å²) in [5.74, 6) is -0.0785. The molecule has 1 N–H and O–H groups in total. The Labute approximate surface area is 157 Å². The normalized spacial score (nSPS) is 12.4. The molecule has 144 valence electrons. The van der Waals surface area contributed by atoms with E-state index < -0.39 is 20.5 Å². The smallest absolute Gasteiger partial charge is 0.215 e. The van der Waals surface area contributed by atoms with Crippen LogP contribution in [0.15, 0.2) is 35.5 Å². The van der Waals surface area contributed by atoms with Gasteiger partial charge in [0.15, 0.2) is 9.84 Å². The summed E-state index contributed by atoms with van der Waals surface area (Å²) in [4.78, 5) is 8.08. The van der Waals surface area contributed by atoms with Crippen LogP contribution in [0.25, 0.3) is 16.9 Å². The van der Waals surface area contributed by atoms with Gasteiger partial charge in [-0.3, -0.25) is 4.40 Å². The number of anilines is 1. The second-order valence-electron chi connectivity index (χ2n) is 7.01. The molecule has 3 aromatic heterocycles. The molecule has 0 aliphatic carbocycles. The zero-order valence-corrected chi connectivity index (χ0v) is 16.6. The van der Waals surface area contributed by atoms with Gasteiger partial charge in [0.2, 0.25) is 5.95 Å². The van der Waals surface area contributed by atoms with Gasteiger partial charge in [-0.05, 0) is 26.8 Å². The van der Waals surface area contributed by atoms with Gasteiger partial charge in [0.1, 0.15) is 22.1 Å². The third-order valence-corrected chi connectivity index (χ3v) is 6.73. The van der Waals surface area contributed by atoms with Gasteiger partial charge in [0.25, 0.3) is 0 Å². The van der Waals surface area contributed by atoms with Crippen molar-refractivity contribution in [2.24, 2.45) is 0 Å². The minimum absolute atomic E-state index is 0.0487. The van der Waals surface area contributed by atoms with Gasteiger partial charge in [-0.1, -0.05) is 0 Å². The molecule has 7 nitrogen and oxygen atoms in total. The van der Waals surface area contributed by atoms with E-state index in [-0.39, 0.29) is 10.6 Å². The fourth-order valence-electron chi connectivity index (χ4n) is 2.66. The predicted molar refractivity (Wildman–Crippen MR) is 101 cm³/mol. The molecule has 0 saturated carbocycles. The molecular formula is C18H21FN4O3S. The van der Waals surface area contributed by atoms with Crippen LogP contribution < -0.4 is 10.1 Å². The Bertz CT molecular complexity index is 1120. The van der Waals surface area contributed by atoms with Gasteiger partial charge in [0, 0.05) is 30.9 Å².